The quantitative estimate of drug-likeness (QED) is 0.866. The van der Waals surface area contributed by atoms with Crippen LogP contribution in [0.2, 0.25) is 0 Å². The van der Waals surface area contributed by atoms with Crippen molar-refractivity contribution in [3.8, 4) is 0 Å². The minimum Gasteiger partial charge on any atom is -0.326 e. The molecule has 1 aliphatic rings. The molecule has 0 aromatic heterocycles. The summed E-state index contributed by atoms with van der Waals surface area (Å²) in [5.74, 6) is 0.677. The number of benzene rings is 1. The average molecular weight is 376 g/mol. The SMILES string of the molecule is CC(C)CN1CCC(N)C1c1ccc(Br)c(Br)c1. The first-order chi connectivity index (χ1) is 8.49. The zero-order valence-electron chi connectivity index (χ0n) is 10.9. The van der Waals surface area contributed by atoms with Crippen molar-refractivity contribution in [3.05, 3.63) is 32.7 Å². The Labute approximate surface area is 126 Å². The molecule has 0 radical (unpaired) electrons. The first-order valence-corrected chi connectivity index (χ1v) is 8.02. The van der Waals surface area contributed by atoms with Gasteiger partial charge in [0.25, 0.3) is 0 Å². The van der Waals surface area contributed by atoms with Crippen LogP contribution in [-0.4, -0.2) is 24.0 Å². The highest BCUT2D eigenvalue weighted by Gasteiger charge is 2.33. The third-order valence-electron chi connectivity index (χ3n) is 3.43. The summed E-state index contributed by atoms with van der Waals surface area (Å²) in [6.07, 6.45) is 1.09. The fourth-order valence-electron chi connectivity index (χ4n) is 2.71. The van der Waals surface area contributed by atoms with Crippen molar-refractivity contribution in [1.29, 1.82) is 0 Å². The number of likely N-dealkylation sites (tertiary alicyclic amines) is 1. The van der Waals surface area contributed by atoms with Gasteiger partial charge in [-0.15, -0.1) is 0 Å². The van der Waals surface area contributed by atoms with E-state index >= 15 is 0 Å². The zero-order chi connectivity index (χ0) is 13.3. The predicted octanol–water partition coefficient (Wildman–Crippen LogP) is 3.94. The van der Waals surface area contributed by atoms with Gasteiger partial charge in [0.05, 0.1) is 0 Å². The van der Waals surface area contributed by atoms with Crippen molar-refractivity contribution in [2.45, 2.75) is 32.4 Å². The van der Waals surface area contributed by atoms with Crippen molar-refractivity contribution < 1.29 is 0 Å². The van der Waals surface area contributed by atoms with E-state index in [1.54, 1.807) is 0 Å². The van der Waals surface area contributed by atoms with E-state index in [-0.39, 0.29) is 6.04 Å². The second kappa shape index (κ2) is 6.04. The molecule has 1 aliphatic heterocycles. The van der Waals surface area contributed by atoms with Crippen molar-refractivity contribution >= 4 is 31.9 Å². The van der Waals surface area contributed by atoms with Gasteiger partial charge >= 0.3 is 0 Å². The van der Waals surface area contributed by atoms with E-state index in [9.17, 15) is 0 Å². The minimum absolute atomic E-state index is 0.247. The minimum atomic E-state index is 0.247. The largest absolute Gasteiger partial charge is 0.326 e. The van der Waals surface area contributed by atoms with E-state index in [1.807, 2.05) is 0 Å². The summed E-state index contributed by atoms with van der Waals surface area (Å²) >= 11 is 7.09. The second-order valence-corrected chi connectivity index (χ2v) is 7.17. The molecule has 2 atom stereocenters. The molecule has 0 saturated carbocycles. The first-order valence-electron chi connectivity index (χ1n) is 6.43. The standard InChI is InChI=1S/C14H20Br2N2/c1-9(2)8-18-6-5-13(17)14(18)10-3-4-11(15)12(16)7-10/h3-4,7,9,13-14H,5-6,8,17H2,1-2H3. The van der Waals surface area contributed by atoms with Crippen LogP contribution in [0.4, 0.5) is 0 Å². The van der Waals surface area contributed by atoms with Gasteiger partial charge < -0.3 is 5.73 Å². The molecular weight excluding hydrogens is 356 g/mol. The highest BCUT2D eigenvalue weighted by atomic mass is 79.9. The Kier molecular flexibility index (Phi) is 4.86. The fourth-order valence-corrected chi connectivity index (χ4v) is 3.35. The Balaban J connectivity index is 2.24. The van der Waals surface area contributed by atoms with Crippen molar-refractivity contribution in [2.75, 3.05) is 13.1 Å². The molecular formula is C14H20Br2N2. The Morgan fingerprint density at radius 3 is 2.67 bits per heavy atom. The van der Waals surface area contributed by atoms with Crippen LogP contribution < -0.4 is 5.73 Å². The van der Waals surface area contributed by atoms with Gasteiger partial charge in [-0.2, -0.15) is 0 Å². The maximum absolute atomic E-state index is 6.30. The number of nitrogens with zero attached hydrogens (tertiary/aromatic N) is 1. The molecule has 2 nitrogen and oxygen atoms in total. The maximum atomic E-state index is 6.30. The van der Waals surface area contributed by atoms with Crippen LogP contribution in [0.5, 0.6) is 0 Å². The van der Waals surface area contributed by atoms with Gasteiger partial charge in [-0.3, -0.25) is 4.90 Å². The lowest BCUT2D eigenvalue weighted by Crippen LogP contribution is -2.33. The van der Waals surface area contributed by atoms with Crippen LogP contribution in [-0.2, 0) is 0 Å². The molecule has 2 unspecified atom stereocenters. The van der Waals surface area contributed by atoms with E-state index in [4.69, 9.17) is 5.73 Å². The van der Waals surface area contributed by atoms with E-state index in [0.717, 1.165) is 28.5 Å². The van der Waals surface area contributed by atoms with Gasteiger partial charge in [0.2, 0.25) is 0 Å². The summed E-state index contributed by atoms with van der Waals surface area (Å²) in [6.45, 7) is 6.75. The highest BCUT2D eigenvalue weighted by molar-refractivity contribution is 9.13. The molecule has 1 aromatic rings. The van der Waals surface area contributed by atoms with Crippen molar-refractivity contribution in [1.82, 2.24) is 4.90 Å². The Morgan fingerprint density at radius 2 is 2.06 bits per heavy atom. The number of rotatable bonds is 3. The molecule has 0 amide bonds. The van der Waals surface area contributed by atoms with Crippen LogP contribution in [0.15, 0.2) is 27.1 Å². The summed E-state index contributed by atoms with van der Waals surface area (Å²) in [4.78, 5) is 2.52. The van der Waals surface area contributed by atoms with E-state index in [2.05, 4.69) is 68.8 Å². The zero-order valence-corrected chi connectivity index (χ0v) is 14.0. The monoisotopic (exact) mass is 374 g/mol. The predicted molar refractivity (Wildman–Crippen MR) is 83.6 cm³/mol. The molecule has 1 heterocycles. The van der Waals surface area contributed by atoms with Crippen LogP contribution in [0.25, 0.3) is 0 Å². The Bertz CT molecular complexity index is 420. The fraction of sp³-hybridized carbons (Fsp3) is 0.571. The summed E-state index contributed by atoms with van der Waals surface area (Å²) in [5, 5.41) is 0. The summed E-state index contributed by atoms with van der Waals surface area (Å²) in [5.41, 5.74) is 7.61. The van der Waals surface area contributed by atoms with Crippen LogP contribution in [0, 0.1) is 5.92 Å². The van der Waals surface area contributed by atoms with E-state index in [1.165, 1.54) is 5.56 Å². The maximum Gasteiger partial charge on any atom is 0.0500 e. The van der Waals surface area contributed by atoms with Crippen LogP contribution in [0.1, 0.15) is 31.9 Å². The normalized spacial score (nSPS) is 25.0. The average Bonchev–Trinajstić information content (AvgIpc) is 2.63. The van der Waals surface area contributed by atoms with E-state index < -0.39 is 0 Å². The highest BCUT2D eigenvalue weighted by Crippen LogP contribution is 2.34. The summed E-state index contributed by atoms with van der Waals surface area (Å²) < 4.78 is 2.19. The van der Waals surface area contributed by atoms with Crippen LogP contribution in [0.3, 0.4) is 0 Å². The van der Waals surface area contributed by atoms with Gasteiger partial charge in [-0.05, 0) is 61.9 Å². The van der Waals surface area contributed by atoms with Crippen molar-refractivity contribution in [2.24, 2.45) is 11.7 Å². The van der Waals surface area contributed by atoms with Gasteiger partial charge in [0, 0.05) is 34.1 Å². The molecule has 1 aromatic carbocycles. The van der Waals surface area contributed by atoms with Gasteiger partial charge in [-0.1, -0.05) is 19.9 Å². The Morgan fingerprint density at radius 1 is 1.33 bits per heavy atom. The molecule has 4 heteroatoms. The number of hydrogen-bond donors (Lipinski definition) is 1. The molecule has 1 fully saturated rings. The molecule has 0 bridgehead atoms. The first kappa shape index (κ1) is 14.5. The smallest absolute Gasteiger partial charge is 0.0500 e. The molecule has 2 N–H and O–H groups in total. The van der Waals surface area contributed by atoms with Crippen molar-refractivity contribution in [3.63, 3.8) is 0 Å². The topological polar surface area (TPSA) is 29.3 Å². The summed E-state index contributed by atoms with van der Waals surface area (Å²) in [6, 6.07) is 7.07. The summed E-state index contributed by atoms with van der Waals surface area (Å²) in [7, 11) is 0. The van der Waals surface area contributed by atoms with Gasteiger partial charge in [-0.25, -0.2) is 0 Å². The third-order valence-corrected chi connectivity index (χ3v) is 5.31. The van der Waals surface area contributed by atoms with Gasteiger partial charge in [0.1, 0.15) is 0 Å². The third kappa shape index (κ3) is 3.16. The van der Waals surface area contributed by atoms with Crippen LogP contribution >= 0.6 is 31.9 Å². The number of nitrogens with two attached hydrogens (primary N) is 1. The Hall–Kier alpha value is 0.1000. The number of hydrogen-bond acceptors (Lipinski definition) is 2. The van der Waals surface area contributed by atoms with E-state index in [0.29, 0.717) is 12.0 Å². The molecule has 18 heavy (non-hydrogen) atoms. The molecule has 100 valence electrons. The van der Waals surface area contributed by atoms with Gasteiger partial charge in [0.15, 0.2) is 0 Å². The molecule has 1 saturated heterocycles. The lowest BCUT2D eigenvalue weighted by atomic mass is 10.0. The second-order valence-electron chi connectivity index (χ2n) is 5.46. The molecule has 2 rings (SSSR count). The lowest BCUT2D eigenvalue weighted by molar-refractivity contribution is 0.221. The molecule has 0 spiro atoms. The number of halogens is 2. The lowest BCUT2D eigenvalue weighted by Gasteiger charge is -2.28. The molecule has 0 aliphatic carbocycles.